The van der Waals surface area contributed by atoms with Gasteiger partial charge in [0, 0.05) is 11.6 Å². The first-order valence-corrected chi connectivity index (χ1v) is 7.91. The maximum atomic E-state index is 13.7. The van der Waals surface area contributed by atoms with Gasteiger partial charge >= 0.3 is 0 Å². The minimum absolute atomic E-state index is 0.168. The van der Waals surface area contributed by atoms with Crippen molar-refractivity contribution in [3.05, 3.63) is 65.0 Å². The van der Waals surface area contributed by atoms with E-state index in [1.54, 1.807) is 19.3 Å². The Balaban J connectivity index is 2.07. The van der Waals surface area contributed by atoms with E-state index in [0.717, 1.165) is 16.9 Å². The number of hydrogen-bond donors (Lipinski definition) is 1. The average Bonchev–Trinajstić information content (AvgIpc) is 2.60. The summed E-state index contributed by atoms with van der Waals surface area (Å²) in [7, 11) is 3.00. The molecule has 1 atom stereocenters. The molecule has 2 aromatic carbocycles. The van der Waals surface area contributed by atoms with Crippen LogP contribution in [0.1, 0.15) is 29.7 Å². The van der Waals surface area contributed by atoms with Gasteiger partial charge in [0.25, 0.3) is 0 Å². The third-order valence-electron chi connectivity index (χ3n) is 3.81. The third-order valence-corrected chi connectivity index (χ3v) is 3.81. The maximum absolute atomic E-state index is 13.7. The van der Waals surface area contributed by atoms with E-state index >= 15 is 0 Å². The van der Waals surface area contributed by atoms with Crippen molar-refractivity contribution in [3.63, 3.8) is 0 Å². The second-order valence-electron chi connectivity index (χ2n) is 5.70. The summed E-state index contributed by atoms with van der Waals surface area (Å²) in [6.45, 7) is 3.87. The molecule has 0 aliphatic carbocycles. The van der Waals surface area contributed by atoms with Crippen molar-refractivity contribution >= 4 is 12.0 Å². The molecule has 0 aliphatic heterocycles. The van der Waals surface area contributed by atoms with Gasteiger partial charge in [-0.3, -0.25) is 4.79 Å². The van der Waals surface area contributed by atoms with Gasteiger partial charge in [0.2, 0.25) is 5.91 Å². The Hall–Kier alpha value is -2.82. The number of hydrogen-bond acceptors (Lipinski definition) is 3. The predicted molar refractivity (Wildman–Crippen MR) is 96.3 cm³/mol. The third kappa shape index (κ3) is 4.83. The molecule has 5 heteroatoms. The van der Waals surface area contributed by atoms with Gasteiger partial charge in [0.05, 0.1) is 20.3 Å². The molecule has 25 heavy (non-hydrogen) atoms. The van der Waals surface area contributed by atoms with Crippen LogP contribution in [0.5, 0.6) is 11.5 Å². The van der Waals surface area contributed by atoms with E-state index in [1.165, 1.54) is 25.3 Å². The van der Waals surface area contributed by atoms with Gasteiger partial charge in [0.15, 0.2) is 11.6 Å². The highest BCUT2D eigenvalue weighted by molar-refractivity contribution is 5.92. The highest BCUT2D eigenvalue weighted by Gasteiger charge is 2.13. The average molecular weight is 343 g/mol. The molecule has 0 saturated carbocycles. The first-order chi connectivity index (χ1) is 11.9. The molecule has 0 fully saturated rings. The van der Waals surface area contributed by atoms with Gasteiger partial charge in [-0.05, 0) is 43.7 Å². The summed E-state index contributed by atoms with van der Waals surface area (Å²) >= 11 is 0. The molecule has 0 radical (unpaired) electrons. The number of nitrogens with one attached hydrogen (secondary N) is 1. The zero-order chi connectivity index (χ0) is 18.4. The van der Waals surface area contributed by atoms with Crippen LogP contribution >= 0.6 is 0 Å². The Morgan fingerprint density at radius 2 is 1.80 bits per heavy atom. The molecule has 4 nitrogen and oxygen atoms in total. The highest BCUT2D eigenvalue weighted by Crippen LogP contribution is 2.26. The molecular weight excluding hydrogens is 321 g/mol. The molecular formula is C20H22FNO3. The van der Waals surface area contributed by atoms with Crippen LogP contribution in [0.4, 0.5) is 4.39 Å². The van der Waals surface area contributed by atoms with Gasteiger partial charge in [-0.1, -0.05) is 23.8 Å². The van der Waals surface area contributed by atoms with Crippen molar-refractivity contribution < 1.29 is 18.7 Å². The highest BCUT2D eigenvalue weighted by atomic mass is 19.1. The lowest BCUT2D eigenvalue weighted by molar-refractivity contribution is -0.117. The lowest BCUT2D eigenvalue weighted by Gasteiger charge is -2.17. The number of amides is 1. The van der Waals surface area contributed by atoms with Gasteiger partial charge in [-0.2, -0.15) is 0 Å². The van der Waals surface area contributed by atoms with E-state index in [-0.39, 0.29) is 17.7 Å². The quantitative estimate of drug-likeness (QED) is 0.805. The zero-order valence-electron chi connectivity index (χ0n) is 14.8. The van der Waals surface area contributed by atoms with Crippen LogP contribution < -0.4 is 14.8 Å². The number of carbonyl (C=O) groups excluding carboxylic acids is 1. The van der Waals surface area contributed by atoms with E-state index < -0.39 is 5.82 Å². The number of aryl methyl sites for hydroxylation is 1. The lowest BCUT2D eigenvalue weighted by atomic mass is 10.0. The Bertz CT molecular complexity index is 787. The summed E-state index contributed by atoms with van der Waals surface area (Å²) < 4.78 is 23.9. The fraction of sp³-hybridized carbons (Fsp3) is 0.250. The van der Waals surface area contributed by atoms with E-state index in [4.69, 9.17) is 9.47 Å². The van der Waals surface area contributed by atoms with Crippen LogP contribution in [0.2, 0.25) is 0 Å². The van der Waals surface area contributed by atoms with E-state index in [0.29, 0.717) is 5.56 Å². The van der Waals surface area contributed by atoms with Crippen LogP contribution in [0.15, 0.2) is 42.5 Å². The Labute approximate surface area is 147 Å². The Kier molecular flexibility index (Phi) is 6.17. The van der Waals surface area contributed by atoms with Crippen molar-refractivity contribution in [1.82, 2.24) is 5.32 Å². The molecule has 2 rings (SSSR count). The summed E-state index contributed by atoms with van der Waals surface area (Å²) in [5, 5.41) is 2.88. The van der Waals surface area contributed by atoms with E-state index in [2.05, 4.69) is 5.32 Å². The Morgan fingerprint density at radius 3 is 2.44 bits per heavy atom. The molecule has 0 saturated heterocycles. The smallest absolute Gasteiger partial charge is 0.244 e. The summed E-state index contributed by atoms with van der Waals surface area (Å²) in [5.41, 5.74) is 2.56. The van der Waals surface area contributed by atoms with Gasteiger partial charge in [0.1, 0.15) is 5.75 Å². The van der Waals surface area contributed by atoms with Crippen molar-refractivity contribution in [2.24, 2.45) is 0 Å². The number of benzene rings is 2. The van der Waals surface area contributed by atoms with Crippen LogP contribution in [-0.2, 0) is 4.79 Å². The summed E-state index contributed by atoms with van der Waals surface area (Å²) in [6.07, 6.45) is 2.93. The van der Waals surface area contributed by atoms with Crippen molar-refractivity contribution in [2.75, 3.05) is 14.2 Å². The topological polar surface area (TPSA) is 47.6 Å². The fourth-order valence-electron chi connectivity index (χ4n) is 2.49. The zero-order valence-corrected chi connectivity index (χ0v) is 14.8. The second kappa shape index (κ2) is 8.33. The number of ether oxygens (including phenoxy) is 2. The van der Waals surface area contributed by atoms with E-state index in [9.17, 15) is 9.18 Å². The monoisotopic (exact) mass is 343 g/mol. The minimum atomic E-state index is -0.470. The van der Waals surface area contributed by atoms with Gasteiger partial charge in [-0.25, -0.2) is 4.39 Å². The lowest BCUT2D eigenvalue weighted by Crippen LogP contribution is -2.25. The summed E-state index contributed by atoms with van der Waals surface area (Å²) in [4.78, 5) is 12.1. The molecule has 0 aliphatic rings. The van der Waals surface area contributed by atoms with Crippen LogP contribution in [0, 0.1) is 12.7 Å². The molecule has 1 amide bonds. The van der Waals surface area contributed by atoms with Gasteiger partial charge < -0.3 is 14.8 Å². The molecule has 0 spiro atoms. The van der Waals surface area contributed by atoms with Crippen LogP contribution in [-0.4, -0.2) is 20.1 Å². The van der Waals surface area contributed by atoms with Crippen LogP contribution in [0.3, 0.4) is 0 Å². The van der Waals surface area contributed by atoms with E-state index in [1.807, 2.05) is 32.0 Å². The fourth-order valence-corrected chi connectivity index (χ4v) is 2.49. The molecule has 132 valence electrons. The van der Waals surface area contributed by atoms with Crippen molar-refractivity contribution in [1.29, 1.82) is 0 Å². The van der Waals surface area contributed by atoms with Crippen molar-refractivity contribution in [2.45, 2.75) is 19.9 Å². The normalized spacial score (nSPS) is 12.0. The number of carbonyl (C=O) groups is 1. The number of halogens is 1. The number of rotatable bonds is 6. The molecule has 0 heterocycles. The Morgan fingerprint density at radius 1 is 1.12 bits per heavy atom. The molecule has 0 aromatic heterocycles. The van der Waals surface area contributed by atoms with Crippen molar-refractivity contribution in [3.8, 4) is 11.5 Å². The predicted octanol–water partition coefficient (Wildman–Crippen LogP) is 4.04. The number of methoxy groups -OCH3 is 2. The SMILES string of the molecule is COc1ccc(/C=C/C(=O)N[C@H](C)c2cc(C)ccc2OC)cc1F. The standard InChI is InChI=1S/C20H22FNO3/c1-13-5-8-18(24-3)16(11-13)14(2)22-20(23)10-7-15-6-9-19(25-4)17(21)12-15/h5-12,14H,1-4H3,(H,22,23)/b10-7+/t14-/m1/s1. The molecule has 0 bridgehead atoms. The summed E-state index contributed by atoms with van der Waals surface area (Å²) in [5.74, 6) is 0.150. The maximum Gasteiger partial charge on any atom is 0.244 e. The molecule has 2 aromatic rings. The molecule has 1 N–H and O–H groups in total. The molecule has 0 unspecified atom stereocenters. The summed E-state index contributed by atoms with van der Waals surface area (Å²) in [6, 6.07) is 10.1. The minimum Gasteiger partial charge on any atom is -0.496 e. The second-order valence-corrected chi connectivity index (χ2v) is 5.70. The van der Waals surface area contributed by atoms with Crippen LogP contribution in [0.25, 0.3) is 6.08 Å². The first kappa shape index (κ1) is 18.5. The largest absolute Gasteiger partial charge is 0.496 e. The van der Waals surface area contributed by atoms with Gasteiger partial charge in [-0.15, -0.1) is 0 Å². The first-order valence-electron chi connectivity index (χ1n) is 7.91.